The van der Waals surface area contributed by atoms with Crippen molar-refractivity contribution < 1.29 is 14.4 Å². The van der Waals surface area contributed by atoms with E-state index >= 15 is 0 Å². The third-order valence-corrected chi connectivity index (χ3v) is 8.36. The summed E-state index contributed by atoms with van der Waals surface area (Å²) in [4.78, 5) is 42.8. The second-order valence-corrected chi connectivity index (χ2v) is 12.4. The van der Waals surface area contributed by atoms with Crippen molar-refractivity contribution in [3.63, 3.8) is 0 Å². The molecule has 3 amide bonds. The fourth-order valence-corrected chi connectivity index (χ4v) is 5.84. The lowest BCUT2D eigenvalue weighted by atomic mass is 9.83. The molecule has 0 radical (unpaired) electrons. The van der Waals surface area contributed by atoms with Crippen molar-refractivity contribution in [3.05, 3.63) is 69.8 Å². The highest BCUT2D eigenvalue weighted by Crippen LogP contribution is 2.33. The number of rotatable bonds is 6. The molecule has 2 aliphatic rings. The molecule has 0 saturated carbocycles. The van der Waals surface area contributed by atoms with Crippen LogP contribution in [0.5, 0.6) is 0 Å². The van der Waals surface area contributed by atoms with Gasteiger partial charge < -0.3 is 20.9 Å². The number of hydrogen-bond donors (Lipinski definition) is 3. The lowest BCUT2D eigenvalue weighted by Crippen LogP contribution is -2.62. The number of carbonyl (C=O) groups excluding carboxylic acids is 3. The molecule has 3 N–H and O–H groups in total. The molecule has 4 rings (SSSR count). The van der Waals surface area contributed by atoms with E-state index in [1.807, 2.05) is 27.7 Å². The first-order valence-corrected chi connectivity index (χ1v) is 14.2. The Hall–Kier alpha value is -3.19. The minimum atomic E-state index is -0.777. The zero-order valence-electron chi connectivity index (χ0n) is 24.5. The maximum absolute atomic E-state index is 14.2. The fraction of sp³-hybridized carbons (Fsp3) is 0.531. The van der Waals surface area contributed by atoms with Crippen molar-refractivity contribution in [2.75, 3.05) is 7.05 Å². The molecule has 1 heterocycles. The lowest BCUT2D eigenvalue weighted by Gasteiger charge is -2.42. The van der Waals surface area contributed by atoms with Crippen LogP contribution in [-0.4, -0.2) is 47.8 Å². The number of nitrogens with one attached hydrogen (secondary N) is 3. The average molecular weight is 533 g/mol. The van der Waals surface area contributed by atoms with Gasteiger partial charge in [0.2, 0.25) is 17.7 Å². The summed E-state index contributed by atoms with van der Waals surface area (Å²) in [5, 5.41) is 9.23. The van der Waals surface area contributed by atoms with E-state index in [1.165, 1.54) is 16.7 Å². The number of hydrogen-bond acceptors (Lipinski definition) is 4. The molecule has 7 heteroatoms. The van der Waals surface area contributed by atoms with Crippen LogP contribution in [0.15, 0.2) is 36.4 Å². The summed E-state index contributed by atoms with van der Waals surface area (Å²) < 4.78 is 0. The Morgan fingerprint density at radius 1 is 1.05 bits per heavy atom. The molecule has 4 atom stereocenters. The highest BCUT2D eigenvalue weighted by molar-refractivity contribution is 5.94. The minimum Gasteiger partial charge on any atom is -0.347 e. The number of carbonyl (C=O) groups is 3. The maximum Gasteiger partial charge on any atom is 0.246 e. The standard InChI is InChI=1S/C32H44N4O3/c1-19-14-15-22-17-27(30(38)34-26-13-9-11-24-20(2)10-8-12-25(24)26)36(18-23(22)16-19)31(39)28(32(4,5)6)35-29(37)21(3)33-7/h8,10,12,14-16,21,26-28,33H,9,11,13,17-18H2,1-7H3,(H,34,38)(H,35,37)/t21-,26+,27-,28+/m0/s1. The minimum absolute atomic E-state index is 0.0767. The first kappa shape index (κ1) is 28.8. The molecule has 0 saturated heterocycles. The monoisotopic (exact) mass is 532 g/mol. The van der Waals surface area contributed by atoms with Gasteiger partial charge in [0.1, 0.15) is 12.1 Å². The SMILES string of the molecule is CN[C@@H](C)C(=O)N[C@H](C(=O)N1Cc2cc(C)ccc2C[C@H]1C(=O)N[C@@H]1CCCc2c(C)cccc21)C(C)(C)C. The van der Waals surface area contributed by atoms with Gasteiger partial charge in [0.25, 0.3) is 0 Å². The van der Waals surface area contributed by atoms with Gasteiger partial charge in [-0.1, -0.05) is 62.7 Å². The first-order valence-electron chi connectivity index (χ1n) is 14.2. The predicted octanol–water partition coefficient (Wildman–Crippen LogP) is 3.89. The van der Waals surface area contributed by atoms with E-state index in [-0.39, 0.29) is 23.8 Å². The normalized spacial score (nSPS) is 20.3. The number of nitrogens with zero attached hydrogens (tertiary/aromatic N) is 1. The van der Waals surface area contributed by atoms with Gasteiger partial charge in [0.05, 0.1) is 12.1 Å². The number of benzene rings is 2. The summed E-state index contributed by atoms with van der Waals surface area (Å²) >= 11 is 0. The van der Waals surface area contributed by atoms with Crippen LogP contribution in [0.2, 0.25) is 0 Å². The Morgan fingerprint density at radius 3 is 2.49 bits per heavy atom. The summed E-state index contributed by atoms with van der Waals surface area (Å²) in [5.74, 6) is -0.614. The van der Waals surface area contributed by atoms with Gasteiger partial charge in [-0.05, 0) is 80.3 Å². The first-order chi connectivity index (χ1) is 18.4. The van der Waals surface area contributed by atoms with Crippen molar-refractivity contribution >= 4 is 17.7 Å². The quantitative estimate of drug-likeness (QED) is 0.527. The molecule has 0 fully saturated rings. The fourth-order valence-electron chi connectivity index (χ4n) is 5.84. The third-order valence-electron chi connectivity index (χ3n) is 8.36. The molecular weight excluding hydrogens is 488 g/mol. The highest BCUT2D eigenvalue weighted by Gasteiger charge is 2.42. The van der Waals surface area contributed by atoms with E-state index < -0.39 is 23.5 Å². The summed E-state index contributed by atoms with van der Waals surface area (Å²) in [6.07, 6.45) is 3.35. The zero-order chi connectivity index (χ0) is 28.5. The third kappa shape index (κ3) is 6.19. The molecule has 2 aromatic carbocycles. The van der Waals surface area contributed by atoms with Crippen molar-refractivity contribution in [1.29, 1.82) is 0 Å². The van der Waals surface area contributed by atoms with Gasteiger partial charge in [-0.2, -0.15) is 0 Å². The van der Waals surface area contributed by atoms with E-state index in [1.54, 1.807) is 18.9 Å². The molecule has 1 aliphatic carbocycles. The Bertz CT molecular complexity index is 1250. The maximum atomic E-state index is 14.2. The predicted molar refractivity (Wildman–Crippen MR) is 154 cm³/mol. The van der Waals surface area contributed by atoms with Crippen LogP contribution in [-0.2, 0) is 33.8 Å². The molecule has 2 aromatic rings. The van der Waals surface area contributed by atoms with Crippen LogP contribution in [0.4, 0.5) is 0 Å². The Morgan fingerprint density at radius 2 is 1.79 bits per heavy atom. The molecular formula is C32H44N4O3. The summed E-state index contributed by atoms with van der Waals surface area (Å²) in [6.45, 7) is 12.1. The van der Waals surface area contributed by atoms with Crippen molar-refractivity contribution in [2.24, 2.45) is 5.41 Å². The van der Waals surface area contributed by atoms with Gasteiger partial charge in [0, 0.05) is 13.0 Å². The molecule has 1 aliphatic heterocycles. The van der Waals surface area contributed by atoms with Gasteiger partial charge >= 0.3 is 0 Å². The van der Waals surface area contributed by atoms with Crippen LogP contribution in [0.1, 0.15) is 80.0 Å². The Labute approximate surface area is 233 Å². The Kier molecular flexibility index (Phi) is 8.50. The molecule has 0 spiro atoms. The van der Waals surface area contributed by atoms with Crippen molar-refractivity contribution in [3.8, 4) is 0 Å². The molecule has 7 nitrogen and oxygen atoms in total. The van der Waals surface area contributed by atoms with E-state index in [9.17, 15) is 14.4 Å². The molecule has 0 bridgehead atoms. The topological polar surface area (TPSA) is 90.5 Å². The number of likely N-dealkylation sites (N-methyl/N-ethyl adjacent to an activating group) is 1. The lowest BCUT2D eigenvalue weighted by molar-refractivity contribution is -0.147. The van der Waals surface area contributed by atoms with E-state index in [0.29, 0.717) is 13.0 Å². The van der Waals surface area contributed by atoms with Crippen molar-refractivity contribution in [1.82, 2.24) is 20.9 Å². The highest BCUT2D eigenvalue weighted by atomic mass is 16.2. The van der Waals surface area contributed by atoms with Gasteiger partial charge in [0.15, 0.2) is 0 Å². The largest absolute Gasteiger partial charge is 0.347 e. The van der Waals surface area contributed by atoms with Crippen LogP contribution in [0, 0.1) is 19.3 Å². The number of amides is 3. The smallest absolute Gasteiger partial charge is 0.246 e. The second kappa shape index (κ2) is 11.5. The van der Waals surface area contributed by atoms with Crippen LogP contribution < -0.4 is 16.0 Å². The van der Waals surface area contributed by atoms with Crippen molar-refractivity contribution in [2.45, 2.75) is 97.9 Å². The number of fused-ring (bicyclic) bond motifs is 2. The van der Waals surface area contributed by atoms with Crippen LogP contribution >= 0.6 is 0 Å². The summed E-state index contributed by atoms with van der Waals surface area (Å²) in [6, 6.07) is 10.6. The van der Waals surface area contributed by atoms with Crippen LogP contribution in [0.25, 0.3) is 0 Å². The molecule has 210 valence electrons. The number of aryl methyl sites for hydroxylation is 2. The Balaban J connectivity index is 1.66. The molecule has 0 unspecified atom stereocenters. The summed E-state index contributed by atoms with van der Waals surface area (Å²) in [7, 11) is 1.72. The van der Waals surface area contributed by atoms with Gasteiger partial charge in [-0.25, -0.2) is 0 Å². The average Bonchev–Trinajstić information content (AvgIpc) is 2.89. The van der Waals surface area contributed by atoms with E-state index in [2.05, 4.69) is 59.3 Å². The second-order valence-electron chi connectivity index (χ2n) is 12.4. The van der Waals surface area contributed by atoms with Gasteiger partial charge in [-0.15, -0.1) is 0 Å². The van der Waals surface area contributed by atoms with E-state index in [0.717, 1.165) is 36.0 Å². The van der Waals surface area contributed by atoms with Crippen LogP contribution in [0.3, 0.4) is 0 Å². The zero-order valence-corrected chi connectivity index (χ0v) is 24.5. The summed E-state index contributed by atoms with van der Waals surface area (Å²) in [5.41, 5.74) is 6.46. The van der Waals surface area contributed by atoms with Gasteiger partial charge in [-0.3, -0.25) is 14.4 Å². The van der Waals surface area contributed by atoms with E-state index in [4.69, 9.17) is 0 Å². The molecule has 39 heavy (non-hydrogen) atoms. The molecule has 0 aromatic heterocycles.